The van der Waals surface area contributed by atoms with Gasteiger partial charge in [-0.3, -0.25) is 0 Å². The van der Waals surface area contributed by atoms with Crippen molar-refractivity contribution in [1.82, 2.24) is 24.9 Å². The van der Waals surface area contributed by atoms with Crippen molar-refractivity contribution >= 4 is 22.1 Å². The van der Waals surface area contributed by atoms with Crippen molar-refractivity contribution in [3.8, 4) is 79.4 Å². The van der Waals surface area contributed by atoms with Crippen LogP contribution in [0.4, 0.5) is 0 Å². The highest BCUT2D eigenvalue weighted by Gasteiger charge is 2.52. The van der Waals surface area contributed by atoms with E-state index in [0.29, 0.717) is 28.9 Å². The fourth-order valence-electron chi connectivity index (χ4n) is 9.72. The lowest BCUT2D eigenvalue weighted by Crippen LogP contribution is -2.32. The second kappa shape index (κ2) is 13.7. The Bertz CT molecular complexity index is 3500. The van der Waals surface area contributed by atoms with Crippen molar-refractivity contribution in [3.63, 3.8) is 0 Å². The van der Waals surface area contributed by atoms with E-state index in [1.807, 2.05) is 109 Å². The van der Waals surface area contributed by atoms with E-state index in [0.717, 1.165) is 94.9 Å². The molecule has 63 heavy (non-hydrogen) atoms. The normalized spacial score (nSPS) is 13.0. The lowest BCUT2D eigenvalue weighted by atomic mass is 9.66. The SMILES string of the molecule is c1ccc(-c2nc(-c3ccccc3)nc(-c3cccc4c3-c3cc(-c5nc(-c6ccccc6)c6oc7ccccc7c6n5)ccc3C43c4ccccc4Oc4ccccc43)n2)cc1. The minimum atomic E-state index is -0.733. The molecule has 8 aromatic carbocycles. The van der Waals surface area contributed by atoms with Gasteiger partial charge in [-0.2, -0.15) is 0 Å². The van der Waals surface area contributed by atoms with Crippen LogP contribution in [-0.4, -0.2) is 24.9 Å². The van der Waals surface area contributed by atoms with Gasteiger partial charge in [-0.15, -0.1) is 0 Å². The Morgan fingerprint density at radius 1 is 0.365 bits per heavy atom. The van der Waals surface area contributed by atoms with E-state index in [1.165, 1.54) is 0 Å². The van der Waals surface area contributed by atoms with Crippen LogP contribution >= 0.6 is 0 Å². The first kappa shape index (κ1) is 35.2. The van der Waals surface area contributed by atoms with Crippen molar-refractivity contribution in [2.75, 3.05) is 0 Å². The number of para-hydroxylation sites is 3. The van der Waals surface area contributed by atoms with Crippen LogP contribution in [0.5, 0.6) is 11.5 Å². The highest BCUT2D eigenvalue weighted by molar-refractivity contribution is 6.07. The maximum atomic E-state index is 6.69. The van der Waals surface area contributed by atoms with Crippen LogP contribution in [0.1, 0.15) is 22.3 Å². The van der Waals surface area contributed by atoms with Crippen LogP contribution in [0, 0.1) is 0 Å². The minimum Gasteiger partial charge on any atom is -0.457 e. The molecule has 0 atom stereocenters. The van der Waals surface area contributed by atoms with Crippen LogP contribution in [0.3, 0.4) is 0 Å². The van der Waals surface area contributed by atoms with Crippen LogP contribution in [0.15, 0.2) is 205 Å². The van der Waals surface area contributed by atoms with Crippen LogP contribution in [-0.2, 0) is 5.41 Å². The fraction of sp³-hybridized carbons (Fsp3) is 0.0179. The smallest absolute Gasteiger partial charge is 0.180 e. The number of fused-ring (bicyclic) bond motifs is 12. The molecule has 0 fully saturated rings. The van der Waals surface area contributed by atoms with E-state index < -0.39 is 5.41 Å². The molecule has 1 aliphatic heterocycles. The Kier molecular flexibility index (Phi) is 7.68. The average Bonchev–Trinajstić information content (AvgIpc) is 3.88. The fourth-order valence-corrected chi connectivity index (χ4v) is 9.72. The van der Waals surface area contributed by atoms with Crippen LogP contribution in [0.25, 0.3) is 90.0 Å². The molecule has 3 aromatic heterocycles. The monoisotopic (exact) mass is 807 g/mol. The number of nitrogens with zero attached hydrogens (tertiary/aromatic N) is 5. The summed E-state index contributed by atoms with van der Waals surface area (Å²) in [5, 5.41) is 0.940. The summed E-state index contributed by atoms with van der Waals surface area (Å²) in [6.07, 6.45) is 0. The molecule has 0 N–H and O–H groups in total. The average molecular weight is 808 g/mol. The predicted molar refractivity (Wildman–Crippen MR) is 247 cm³/mol. The van der Waals surface area contributed by atoms with Gasteiger partial charge < -0.3 is 9.15 Å². The highest BCUT2D eigenvalue weighted by atomic mass is 16.5. The molecule has 0 bridgehead atoms. The van der Waals surface area contributed by atoms with E-state index >= 15 is 0 Å². The third-order valence-electron chi connectivity index (χ3n) is 12.4. The lowest BCUT2D eigenvalue weighted by molar-refractivity contribution is 0.436. The second-order valence-corrected chi connectivity index (χ2v) is 15.9. The molecule has 0 radical (unpaired) electrons. The van der Waals surface area contributed by atoms with Crippen molar-refractivity contribution in [3.05, 3.63) is 222 Å². The molecule has 0 unspecified atom stereocenters. The highest BCUT2D eigenvalue weighted by Crippen LogP contribution is 2.63. The molecule has 2 aliphatic rings. The van der Waals surface area contributed by atoms with Gasteiger partial charge in [0.1, 0.15) is 28.3 Å². The van der Waals surface area contributed by atoms with Crippen LogP contribution in [0.2, 0.25) is 0 Å². The summed E-state index contributed by atoms with van der Waals surface area (Å²) in [5.41, 5.74) is 13.2. The maximum Gasteiger partial charge on any atom is 0.180 e. The number of hydrogen-bond acceptors (Lipinski definition) is 7. The Balaban J connectivity index is 1.12. The molecular formula is C56H33N5O2. The first-order valence-corrected chi connectivity index (χ1v) is 21.0. The summed E-state index contributed by atoms with van der Waals surface area (Å²) in [4.78, 5) is 26.2. The molecule has 1 aliphatic carbocycles. The van der Waals surface area contributed by atoms with E-state index in [-0.39, 0.29) is 0 Å². The Labute approximate surface area is 362 Å². The number of rotatable bonds is 5. The van der Waals surface area contributed by atoms with Crippen molar-refractivity contribution in [2.45, 2.75) is 5.41 Å². The van der Waals surface area contributed by atoms with Gasteiger partial charge >= 0.3 is 0 Å². The third-order valence-corrected chi connectivity index (χ3v) is 12.4. The van der Waals surface area contributed by atoms with Crippen molar-refractivity contribution in [1.29, 1.82) is 0 Å². The van der Waals surface area contributed by atoms with Gasteiger partial charge in [-0.25, -0.2) is 24.9 Å². The summed E-state index contributed by atoms with van der Waals surface area (Å²) in [5.74, 6) is 4.01. The Hall–Kier alpha value is -8.55. The molecule has 294 valence electrons. The van der Waals surface area contributed by atoms with E-state index in [2.05, 4.69) is 91.0 Å². The van der Waals surface area contributed by atoms with Gasteiger partial charge in [0, 0.05) is 44.3 Å². The zero-order chi connectivity index (χ0) is 41.5. The summed E-state index contributed by atoms with van der Waals surface area (Å²) in [6.45, 7) is 0. The maximum absolute atomic E-state index is 6.69. The molecule has 7 nitrogen and oxygen atoms in total. The largest absolute Gasteiger partial charge is 0.457 e. The zero-order valence-electron chi connectivity index (χ0n) is 33.6. The predicted octanol–water partition coefficient (Wildman–Crippen LogP) is 13.4. The number of aromatic nitrogens is 5. The van der Waals surface area contributed by atoms with E-state index in [9.17, 15) is 0 Å². The van der Waals surface area contributed by atoms with Crippen molar-refractivity contribution < 1.29 is 9.15 Å². The number of ether oxygens (including phenoxy) is 1. The molecule has 7 heteroatoms. The summed E-state index contributed by atoms with van der Waals surface area (Å²) >= 11 is 0. The van der Waals surface area contributed by atoms with Gasteiger partial charge in [0.2, 0.25) is 0 Å². The summed E-state index contributed by atoms with van der Waals surface area (Å²) < 4.78 is 13.2. The topological polar surface area (TPSA) is 86.8 Å². The van der Waals surface area contributed by atoms with Gasteiger partial charge in [-0.1, -0.05) is 170 Å². The van der Waals surface area contributed by atoms with Crippen molar-refractivity contribution in [2.24, 2.45) is 0 Å². The van der Waals surface area contributed by atoms with E-state index in [1.54, 1.807) is 0 Å². The second-order valence-electron chi connectivity index (χ2n) is 15.9. The standard InChI is InChI=1S/C56H33N5O2/c1-4-17-34(18-5-1)49-51-50(38-23-10-13-28-45(38)63-51)58-54(57-49)37-31-32-41-40(33-37)48-39(55-60-52(35-19-6-2-7-20-35)59-53(61-55)36-21-8-3-9-22-36)24-16-27-44(48)56(41)42-25-11-14-29-46(42)62-47-30-15-12-26-43(47)56/h1-33H. The molecular weight excluding hydrogens is 775 g/mol. The first-order valence-electron chi connectivity index (χ1n) is 21.0. The van der Waals surface area contributed by atoms with Crippen LogP contribution < -0.4 is 4.74 Å². The quantitative estimate of drug-likeness (QED) is 0.171. The molecule has 0 amide bonds. The van der Waals surface area contributed by atoms with Gasteiger partial charge in [0.15, 0.2) is 28.9 Å². The number of furan rings is 1. The molecule has 4 heterocycles. The van der Waals surface area contributed by atoms with E-state index in [4.69, 9.17) is 34.1 Å². The summed E-state index contributed by atoms with van der Waals surface area (Å²) in [6, 6.07) is 68.4. The molecule has 13 rings (SSSR count). The Morgan fingerprint density at radius 2 is 0.921 bits per heavy atom. The third kappa shape index (κ3) is 5.30. The van der Waals surface area contributed by atoms with Gasteiger partial charge in [0.25, 0.3) is 0 Å². The summed E-state index contributed by atoms with van der Waals surface area (Å²) in [7, 11) is 0. The number of hydrogen-bond donors (Lipinski definition) is 0. The lowest BCUT2D eigenvalue weighted by Gasteiger charge is -2.39. The molecule has 1 spiro atoms. The van der Waals surface area contributed by atoms with Gasteiger partial charge in [-0.05, 0) is 52.6 Å². The molecule has 0 saturated heterocycles. The first-order chi connectivity index (χ1) is 31.2. The molecule has 11 aromatic rings. The zero-order valence-corrected chi connectivity index (χ0v) is 33.6. The number of benzene rings is 8. The van der Waals surface area contributed by atoms with Gasteiger partial charge in [0.05, 0.1) is 5.41 Å². The molecule has 0 saturated carbocycles. The Morgan fingerprint density at radius 3 is 1.60 bits per heavy atom. The minimum absolute atomic E-state index is 0.579.